The van der Waals surface area contributed by atoms with Gasteiger partial charge in [-0.3, -0.25) is 0 Å². The summed E-state index contributed by atoms with van der Waals surface area (Å²) in [5.74, 6) is 0. The molecule has 0 aliphatic heterocycles. The number of thiophene rings is 2. The first-order valence-corrected chi connectivity index (χ1v) is 6.81. The zero-order valence-electron chi connectivity index (χ0n) is 6.91. The van der Waals surface area contributed by atoms with Gasteiger partial charge >= 0.3 is 0 Å². The highest BCUT2D eigenvalue weighted by molar-refractivity contribution is 9.10. The molecule has 74 valence electrons. The van der Waals surface area contributed by atoms with E-state index in [9.17, 15) is 5.11 Å². The maximum Gasteiger partial charge on any atom is 0.115 e. The Balaban J connectivity index is 2.33. The number of aliphatic hydroxyl groups excluding tert-OH is 1. The first kappa shape index (κ1) is 10.6. The van der Waals surface area contributed by atoms with E-state index in [1.807, 2.05) is 16.1 Å². The molecule has 14 heavy (non-hydrogen) atoms. The molecular formula is C9H6BrClOS2. The second-order valence-electron chi connectivity index (χ2n) is 2.74. The number of hydrogen-bond acceptors (Lipinski definition) is 3. The Morgan fingerprint density at radius 1 is 1.36 bits per heavy atom. The second-order valence-corrected chi connectivity index (χ2v) is 5.72. The van der Waals surface area contributed by atoms with E-state index in [0.29, 0.717) is 5.02 Å². The Hall–Kier alpha value is 0.130. The predicted octanol–water partition coefficient (Wildman–Crippen LogP) is 4.31. The van der Waals surface area contributed by atoms with Crippen molar-refractivity contribution in [2.75, 3.05) is 0 Å². The molecule has 1 nitrogen and oxygen atoms in total. The monoisotopic (exact) mass is 308 g/mol. The fourth-order valence-corrected chi connectivity index (χ4v) is 3.73. The SMILES string of the molecule is OC(c1cc(Cl)cs1)c1cscc1Br. The van der Waals surface area contributed by atoms with Crippen LogP contribution in [0.4, 0.5) is 0 Å². The lowest BCUT2D eigenvalue weighted by atomic mass is 10.2. The largest absolute Gasteiger partial charge is 0.383 e. The normalized spacial score (nSPS) is 13.1. The van der Waals surface area contributed by atoms with Crippen molar-refractivity contribution in [1.82, 2.24) is 0 Å². The Bertz CT molecular complexity index is 437. The van der Waals surface area contributed by atoms with Crippen molar-refractivity contribution in [3.05, 3.63) is 42.1 Å². The van der Waals surface area contributed by atoms with Crippen LogP contribution < -0.4 is 0 Å². The molecule has 0 aromatic carbocycles. The third-order valence-electron chi connectivity index (χ3n) is 1.79. The van der Waals surface area contributed by atoms with Crippen LogP contribution in [0.3, 0.4) is 0 Å². The van der Waals surface area contributed by atoms with Crippen LogP contribution in [0.2, 0.25) is 5.02 Å². The average molecular weight is 310 g/mol. The summed E-state index contributed by atoms with van der Waals surface area (Å²) in [6, 6.07) is 1.79. The van der Waals surface area contributed by atoms with E-state index in [-0.39, 0.29) is 0 Å². The lowest BCUT2D eigenvalue weighted by Crippen LogP contribution is -1.95. The van der Waals surface area contributed by atoms with Gasteiger partial charge in [-0.15, -0.1) is 11.3 Å². The maximum atomic E-state index is 10.0. The molecule has 0 aliphatic rings. The van der Waals surface area contributed by atoms with Crippen molar-refractivity contribution in [3.8, 4) is 0 Å². The molecule has 5 heteroatoms. The quantitative estimate of drug-likeness (QED) is 0.876. The molecule has 0 saturated heterocycles. The Morgan fingerprint density at radius 3 is 2.64 bits per heavy atom. The molecule has 2 rings (SSSR count). The Morgan fingerprint density at radius 2 is 2.14 bits per heavy atom. The lowest BCUT2D eigenvalue weighted by molar-refractivity contribution is 0.224. The van der Waals surface area contributed by atoms with E-state index in [1.54, 1.807) is 17.4 Å². The van der Waals surface area contributed by atoms with Crippen molar-refractivity contribution < 1.29 is 5.11 Å². The van der Waals surface area contributed by atoms with Gasteiger partial charge in [0.05, 0.1) is 5.02 Å². The zero-order valence-corrected chi connectivity index (χ0v) is 10.9. The number of halogens is 2. The minimum Gasteiger partial charge on any atom is -0.383 e. The van der Waals surface area contributed by atoms with Crippen molar-refractivity contribution in [2.24, 2.45) is 0 Å². The number of rotatable bonds is 2. The summed E-state index contributed by atoms with van der Waals surface area (Å²) in [4.78, 5) is 0.870. The second kappa shape index (κ2) is 4.33. The first-order chi connectivity index (χ1) is 6.68. The fraction of sp³-hybridized carbons (Fsp3) is 0.111. The van der Waals surface area contributed by atoms with E-state index in [4.69, 9.17) is 11.6 Å². The van der Waals surface area contributed by atoms with Gasteiger partial charge in [0.25, 0.3) is 0 Å². The van der Waals surface area contributed by atoms with Gasteiger partial charge in [0, 0.05) is 25.7 Å². The molecule has 0 spiro atoms. The fourth-order valence-electron chi connectivity index (χ4n) is 1.11. The van der Waals surface area contributed by atoms with Crippen molar-refractivity contribution in [3.63, 3.8) is 0 Å². The summed E-state index contributed by atoms with van der Waals surface area (Å²) < 4.78 is 0.944. The van der Waals surface area contributed by atoms with Gasteiger partial charge in [-0.05, 0) is 27.4 Å². The van der Waals surface area contributed by atoms with Crippen LogP contribution in [-0.4, -0.2) is 5.11 Å². The Kier molecular flexibility index (Phi) is 3.29. The van der Waals surface area contributed by atoms with E-state index in [0.717, 1.165) is 14.9 Å². The highest BCUT2D eigenvalue weighted by atomic mass is 79.9. The molecule has 0 amide bonds. The molecule has 0 aliphatic carbocycles. The molecule has 0 fully saturated rings. The van der Waals surface area contributed by atoms with E-state index in [2.05, 4.69) is 15.9 Å². The summed E-state index contributed by atoms with van der Waals surface area (Å²) in [5, 5.41) is 16.4. The number of hydrogen-bond donors (Lipinski definition) is 1. The molecule has 0 saturated carbocycles. The molecule has 2 heterocycles. The number of aliphatic hydroxyl groups is 1. The summed E-state index contributed by atoms with van der Waals surface area (Å²) >= 11 is 12.2. The molecule has 1 unspecified atom stereocenters. The zero-order chi connectivity index (χ0) is 10.1. The minimum atomic E-state index is -0.576. The van der Waals surface area contributed by atoms with Gasteiger partial charge in [-0.1, -0.05) is 11.6 Å². The van der Waals surface area contributed by atoms with Crippen LogP contribution >= 0.6 is 50.2 Å². The standard InChI is InChI=1S/C9H6BrClOS2/c10-7-4-13-3-6(7)9(12)8-1-5(11)2-14-8/h1-4,9,12H. The van der Waals surface area contributed by atoms with Crippen LogP contribution in [-0.2, 0) is 0 Å². The van der Waals surface area contributed by atoms with Gasteiger partial charge in [0.15, 0.2) is 0 Å². The summed E-state index contributed by atoms with van der Waals surface area (Å²) in [6.45, 7) is 0. The molecule has 2 aromatic rings. The molecule has 0 radical (unpaired) electrons. The summed E-state index contributed by atoms with van der Waals surface area (Å²) in [7, 11) is 0. The van der Waals surface area contributed by atoms with Gasteiger partial charge in [-0.25, -0.2) is 0 Å². The van der Waals surface area contributed by atoms with Gasteiger partial charge in [0.2, 0.25) is 0 Å². The van der Waals surface area contributed by atoms with E-state index >= 15 is 0 Å². The third-order valence-corrected chi connectivity index (χ3v) is 4.88. The lowest BCUT2D eigenvalue weighted by Gasteiger charge is -2.06. The molecule has 0 bridgehead atoms. The molecule has 2 aromatic heterocycles. The van der Waals surface area contributed by atoms with E-state index in [1.165, 1.54) is 11.3 Å². The van der Waals surface area contributed by atoms with Gasteiger partial charge < -0.3 is 5.11 Å². The van der Waals surface area contributed by atoms with Crippen molar-refractivity contribution in [1.29, 1.82) is 0 Å². The van der Waals surface area contributed by atoms with Crippen molar-refractivity contribution in [2.45, 2.75) is 6.10 Å². The van der Waals surface area contributed by atoms with Crippen LogP contribution in [0.15, 0.2) is 26.7 Å². The molecule has 1 atom stereocenters. The van der Waals surface area contributed by atoms with Crippen LogP contribution in [0.25, 0.3) is 0 Å². The Labute approximate surface area is 103 Å². The predicted molar refractivity (Wildman–Crippen MR) is 65.4 cm³/mol. The van der Waals surface area contributed by atoms with Gasteiger partial charge in [-0.2, -0.15) is 11.3 Å². The highest BCUT2D eigenvalue weighted by Crippen LogP contribution is 2.35. The maximum absolute atomic E-state index is 10.0. The first-order valence-electron chi connectivity index (χ1n) is 3.82. The molecular weight excluding hydrogens is 304 g/mol. The van der Waals surface area contributed by atoms with Crippen LogP contribution in [0.1, 0.15) is 16.5 Å². The molecule has 1 N–H and O–H groups in total. The van der Waals surface area contributed by atoms with Gasteiger partial charge in [0.1, 0.15) is 6.10 Å². The third kappa shape index (κ3) is 2.04. The highest BCUT2D eigenvalue weighted by Gasteiger charge is 2.15. The topological polar surface area (TPSA) is 20.2 Å². The van der Waals surface area contributed by atoms with Crippen molar-refractivity contribution >= 4 is 50.2 Å². The minimum absolute atomic E-state index is 0.576. The average Bonchev–Trinajstić information content (AvgIpc) is 2.73. The summed E-state index contributed by atoms with van der Waals surface area (Å²) in [6.07, 6.45) is -0.576. The van der Waals surface area contributed by atoms with Crippen LogP contribution in [0, 0.1) is 0 Å². The summed E-state index contributed by atoms with van der Waals surface area (Å²) in [5.41, 5.74) is 0.897. The smallest absolute Gasteiger partial charge is 0.115 e. The van der Waals surface area contributed by atoms with Crippen LogP contribution in [0.5, 0.6) is 0 Å². The van der Waals surface area contributed by atoms with E-state index < -0.39 is 6.10 Å².